The first kappa shape index (κ1) is 26.5. The molecule has 0 aromatic heterocycles. The quantitative estimate of drug-likeness (QED) is 0.576. The van der Waals surface area contributed by atoms with Gasteiger partial charge < -0.3 is 28.7 Å². The molecule has 2 nitrogen and oxygen atoms in total. The molecule has 17 heavy (non-hydrogen) atoms. The summed E-state index contributed by atoms with van der Waals surface area (Å²) < 4.78 is 9.27. The van der Waals surface area contributed by atoms with Gasteiger partial charge in [0, 0.05) is 27.9 Å². The van der Waals surface area contributed by atoms with Crippen LogP contribution in [0.15, 0.2) is 0 Å². The van der Waals surface area contributed by atoms with E-state index in [0.717, 1.165) is 18.9 Å². The minimum atomic E-state index is 0. The van der Waals surface area contributed by atoms with Crippen molar-refractivity contribution in [3.63, 3.8) is 0 Å². The van der Waals surface area contributed by atoms with Gasteiger partial charge in [-0.25, -0.2) is 0 Å². The molecule has 3 radical (unpaired) electrons. The van der Waals surface area contributed by atoms with E-state index in [9.17, 15) is 0 Å². The van der Waals surface area contributed by atoms with Crippen molar-refractivity contribution in [2.24, 2.45) is 5.92 Å². The fourth-order valence-electron chi connectivity index (χ4n) is 1.50. The summed E-state index contributed by atoms with van der Waals surface area (Å²) in [4.78, 5) is 0. The van der Waals surface area contributed by atoms with Gasteiger partial charge in [0.15, 0.2) is 0 Å². The minimum Gasteiger partial charge on any atom is -0.388 e. The molecule has 0 aromatic carbocycles. The standard InChI is InChI=1S/C7H13BO.C2H6O.C2H5S.CH3.V/c1-9-5-6-2-3-7(8)4-6;2*1-3-2;;/h6-7H,2-5H2,1H3;1-2H3;1H2,2H3;1H3;/q;;2*-1;+2. The molecular weight excluding hydrogens is 270 g/mol. The number of methoxy groups -OCH3 is 2. The van der Waals surface area contributed by atoms with Gasteiger partial charge in [-0.05, 0) is 18.6 Å². The van der Waals surface area contributed by atoms with Gasteiger partial charge in [-0.2, -0.15) is 0 Å². The Morgan fingerprint density at radius 3 is 1.94 bits per heavy atom. The first-order chi connectivity index (χ1) is 7.15. The van der Waals surface area contributed by atoms with E-state index in [1.807, 2.05) is 6.26 Å². The van der Waals surface area contributed by atoms with Crippen LogP contribution in [0, 0.1) is 19.6 Å². The molecule has 0 amide bonds. The summed E-state index contributed by atoms with van der Waals surface area (Å²) in [7, 11) is 10.7. The maximum absolute atomic E-state index is 5.70. The molecule has 0 spiro atoms. The smallest absolute Gasteiger partial charge is 0.388 e. The normalized spacial score (nSPS) is 20.8. The Kier molecular flexibility index (Phi) is 34.5. The molecule has 0 bridgehead atoms. The van der Waals surface area contributed by atoms with Crippen LogP contribution in [0.25, 0.3) is 0 Å². The molecule has 1 aliphatic carbocycles. The molecule has 101 valence electrons. The van der Waals surface area contributed by atoms with Crippen LogP contribution in [0.1, 0.15) is 19.3 Å². The maximum atomic E-state index is 5.70. The van der Waals surface area contributed by atoms with E-state index in [0.29, 0.717) is 5.82 Å². The van der Waals surface area contributed by atoms with Crippen molar-refractivity contribution < 1.29 is 28.0 Å². The van der Waals surface area contributed by atoms with Crippen molar-refractivity contribution >= 4 is 19.6 Å². The predicted molar refractivity (Wildman–Crippen MR) is 76.9 cm³/mol. The van der Waals surface area contributed by atoms with Crippen LogP contribution in [0.2, 0.25) is 5.82 Å². The Hall–Kier alpha value is 0.919. The topological polar surface area (TPSA) is 18.5 Å². The van der Waals surface area contributed by atoms with E-state index in [4.69, 9.17) is 12.6 Å². The van der Waals surface area contributed by atoms with Crippen LogP contribution in [0.3, 0.4) is 0 Å². The van der Waals surface area contributed by atoms with Gasteiger partial charge >= 0.3 is 18.6 Å². The average molecular weight is 297 g/mol. The molecule has 0 N–H and O–H groups in total. The average Bonchev–Trinajstić information content (AvgIpc) is 2.55. The van der Waals surface area contributed by atoms with Gasteiger partial charge in [-0.1, -0.05) is 18.7 Å². The zero-order valence-corrected chi connectivity index (χ0v) is 14.2. The molecule has 5 heteroatoms. The Morgan fingerprint density at radius 1 is 1.29 bits per heavy atom. The summed E-state index contributed by atoms with van der Waals surface area (Å²) in [5.74, 6) is 1.19. The Morgan fingerprint density at radius 2 is 1.71 bits per heavy atom. The van der Waals surface area contributed by atoms with Crippen molar-refractivity contribution in [1.29, 1.82) is 0 Å². The van der Waals surface area contributed by atoms with Gasteiger partial charge in [0.1, 0.15) is 0 Å². The molecule has 2 atom stereocenters. The van der Waals surface area contributed by atoms with Crippen LogP contribution >= 0.6 is 11.8 Å². The van der Waals surface area contributed by atoms with Crippen molar-refractivity contribution in [2.45, 2.75) is 25.1 Å². The maximum Gasteiger partial charge on any atom is 2.00 e. The Labute approximate surface area is 126 Å². The van der Waals surface area contributed by atoms with E-state index in [1.165, 1.54) is 24.6 Å². The Bertz CT molecular complexity index is 117. The number of rotatable bonds is 2. The van der Waals surface area contributed by atoms with Crippen molar-refractivity contribution in [2.75, 3.05) is 34.2 Å². The third-order valence-corrected chi connectivity index (χ3v) is 1.98. The molecule has 0 aliphatic heterocycles. The molecule has 1 fully saturated rings. The third-order valence-electron chi connectivity index (χ3n) is 1.98. The molecular formula is C12H27BO2SV. The van der Waals surface area contributed by atoms with E-state index in [-0.39, 0.29) is 26.0 Å². The number of hydrogen-bond donors (Lipinski definition) is 0. The van der Waals surface area contributed by atoms with Gasteiger partial charge in [0.2, 0.25) is 0 Å². The molecule has 0 heterocycles. The molecule has 1 rings (SSSR count). The van der Waals surface area contributed by atoms with Gasteiger partial charge in [0.05, 0.1) is 7.85 Å². The minimum absolute atomic E-state index is 0. The number of ether oxygens (including phenoxy) is 2. The molecule has 1 saturated carbocycles. The van der Waals surface area contributed by atoms with E-state index < -0.39 is 0 Å². The first-order valence-electron chi connectivity index (χ1n) is 5.08. The number of thioether (sulfide) groups is 1. The van der Waals surface area contributed by atoms with Crippen LogP contribution in [0.4, 0.5) is 0 Å². The molecule has 0 saturated heterocycles. The van der Waals surface area contributed by atoms with Crippen LogP contribution in [-0.4, -0.2) is 42.0 Å². The second-order valence-corrected chi connectivity index (χ2v) is 4.17. The van der Waals surface area contributed by atoms with Crippen molar-refractivity contribution in [3.05, 3.63) is 13.7 Å². The summed E-state index contributed by atoms with van der Waals surface area (Å²) in [6.07, 6.45) is 8.94. The molecule has 1 aliphatic rings. The number of hydrogen-bond acceptors (Lipinski definition) is 3. The van der Waals surface area contributed by atoms with Crippen LogP contribution in [0.5, 0.6) is 0 Å². The monoisotopic (exact) mass is 297 g/mol. The summed E-state index contributed by atoms with van der Waals surface area (Å²) >= 11 is 1.50. The van der Waals surface area contributed by atoms with Crippen LogP contribution < -0.4 is 0 Å². The summed E-state index contributed by atoms with van der Waals surface area (Å²) in [6, 6.07) is 0. The van der Waals surface area contributed by atoms with Gasteiger partial charge in [-0.15, -0.1) is 0 Å². The first-order valence-corrected chi connectivity index (χ1v) is 6.48. The van der Waals surface area contributed by atoms with Gasteiger partial charge in [-0.3, -0.25) is 6.26 Å². The molecule has 0 aromatic rings. The van der Waals surface area contributed by atoms with E-state index in [2.05, 4.69) is 11.0 Å². The third kappa shape index (κ3) is 22.6. The largest absolute Gasteiger partial charge is 2.00 e. The second-order valence-electron chi connectivity index (χ2n) is 3.59. The van der Waals surface area contributed by atoms with E-state index in [1.54, 1.807) is 21.3 Å². The fraction of sp³-hybridized carbons (Fsp3) is 0.833. The zero-order chi connectivity index (χ0) is 12.1. The summed E-state index contributed by atoms with van der Waals surface area (Å²) in [6.45, 7) is 0.897. The molecule has 2 unspecified atom stereocenters. The van der Waals surface area contributed by atoms with Crippen molar-refractivity contribution in [1.82, 2.24) is 0 Å². The summed E-state index contributed by atoms with van der Waals surface area (Å²) in [5.41, 5.74) is 0. The Balaban J connectivity index is -0.0000000917. The van der Waals surface area contributed by atoms with Crippen molar-refractivity contribution in [3.8, 4) is 0 Å². The second kappa shape index (κ2) is 22.1. The van der Waals surface area contributed by atoms with Gasteiger partial charge in [0.25, 0.3) is 0 Å². The van der Waals surface area contributed by atoms with Crippen LogP contribution in [-0.2, 0) is 28.0 Å². The van der Waals surface area contributed by atoms with E-state index >= 15 is 0 Å². The predicted octanol–water partition coefficient (Wildman–Crippen LogP) is 3.24. The SMILES string of the molecule is COC.[B]C1CCC(COC)C1.[CH2-]SC.[CH3-].[V+2]. The fourth-order valence-corrected chi connectivity index (χ4v) is 1.50. The zero-order valence-electron chi connectivity index (χ0n) is 11.9. The summed E-state index contributed by atoms with van der Waals surface area (Å²) in [5, 5.41) is 0.